The monoisotopic (exact) mass is 208 g/mol. The van der Waals surface area contributed by atoms with Crippen molar-refractivity contribution in [3.05, 3.63) is 0 Å². The lowest BCUT2D eigenvalue weighted by Gasteiger charge is -2.29. The Morgan fingerprint density at radius 1 is 1.23 bits per heavy atom. The minimum Gasteiger partial charge on any atom is -0.381 e. The van der Waals surface area contributed by atoms with Crippen molar-refractivity contribution in [1.82, 2.24) is 0 Å². The van der Waals surface area contributed by atoms with E-state index in [4.69, 9.17) is 25.8 Å². The molecule has 0 spiro atoms. The van der Waals surface area contributed by atoms with Gasteiger partial charge in [0.15, 0.2) is 5.79 Å². The zero-order valence-electron chi connectivity index (χ0n) is 8.54. The van der Waals surface area contributed by atoms with E-state index in [9.17, 15) is 0 Å². The minimum atomic E-state index is -0.679. The molecule has 3 nitrogen and oxygen atoms in total. The molecule has 0 saturated heterocycles. The van der Waals surface area contributed by atoms with E-state index in [-0.39, 0.29) is 17.4 Å². The number of rotatable bonds is 3. The Morgan fingerprint density at radius 2 is 1.77 bits per heavy atom. The van der Waals surface area contributed by atoms with Gasteiger partial charge in [0.25, 0.3) is 0 Å². The number of methoxy groups -OCH3 is 3. The van der Waals surface area contributed by atoms with Crippen LogP contribution in [0.1, 0.15) is 13.3 Å². The average molecular weight is 209 g/mol. The van der Waals surface area contributed by atoms with E-state index in [0.717, 1.165) is 0 Å². The number of alkyl halides is 1. The van der Waals surface area contributed by atoms with Gasteiger partial charge in [0, 0.05) is 33.7 Å². The highest BCUT2D eigenvalue weighted by Crippen LogP contribution is 2.42. The van der Waals surface area contributed by atoms with Crippen LogP contribution in [0.5, 0.6) is 0 Å². The predicted molar refractivity (Wildman–Crippen MR) is 51.0 cm³/mol. The van der Waals surface area contributed by atoms with E-state index in [0.29, 0.717) is 6.42 Å². The summed E-state index contributed by atoms with van der Waals surface area (Å²) in [5.74, 6) is -0.437. The van der Waals surface area contributed by atoms with E-state index in [1.165, 1.54) is 0 Å². The van der Waals surface area contributed by atoms with Crippen molar-refractivity contribution < 1.29 is 14.2 Å². The predicted octanol–water partition coefficient (Wildman–Crippen LogP) is 1.64. The van der Waals surface area contributed by atoms with E-state index in [1.807, 2.05) is 6.92 Å². The van der Waals surface area contributed by atoms with Crippen LogP contribution in [-0.2, 0) is 14.2 Å². The number of hydrogen-bond donors (Lipinski definition) is 0. The second-order valence-corrected chi connectivity index (χ2v) is 3.93. The molecule has 1 fully saturated rings. The van der Waals surface area contributed by atoms with Crippen LogP contribution in [0.3, 0.4) is 0 Å². The van der Waals surface area contributed by atoms with Gasteiger partial charge >= 0.3 is 0 Å². The Bertz CT molecular complexity index is 170. The van der Waals surface area contributed by atoms with Crippen LogP contribution >= 0.6 is 11.6 Å². The average Bonchev–Trinajstić information content (AvgIpc) is 2.42. The maximum Gasteiger partial charge on any atom is 0.186 e. The molecule has 0 bridgehead atoms. The summed E-state index contributed by atoms with van der Waals surface area (Å²) in [4.78, 5) is 0. The van der Waals surface area contributed by atoms with Gasteiger partial charge in [-0.15, -0.1) is 11.6 Å². The van der Waals surface area contributed by atoms with Crippen LogP contribution in [0.4, 0.5) is 0 Å². The standard InChI is InChI=1S/C9H17ClO3/c1-6-7(11-2)5-9(12-3,13-4)8(6)10/h6-8H,5H2,1-4H3. The highest BCUT2D eigenvalue weighted by atomic mass is 35.5. The Balaban J connectivity index is 2.79. The summed E-state index contributed by atoms with van der Waals surface area (Å²) in [6, 6.07) is 0. The van der Waals surface area contributed by atoms with Crippen molar-refractivity contribution in [2.24, 2.45) is 5.92 Å². The highest BCUT2D eigenvalue weighted by Gasteiger charge is 2.52. The Kier molecular flexibility index (Phi) is 3.57. The first-order chi connectivity index (χ1) is 6.11. The molecule has 0 heterocycles. The lowest BCUT2D eigenvalue weighted by molar-refractivity contribution is -0.203. The molecule has 0 radical (unpaired) electrons. The van der Waals surface area contributed by atoms with Gasteiger partial charge in [0.2, 0.25) is 0 Å². The van der Waals surface area contributed by atoms with Gasteiger partial charge in [-0.1, -0.05) is 6.92 Å². The normalized spacial score (nSPS) is 38.1. The molecule has 1 rings (SSSR count). The highest BCUT2D eigenvalue weighted by molar-refractivity contribution is 6.21. The Hall–Kier alpha value is 0.170. The maximum absolute atomic E-state index is 6.23. The molecular formula is C9H17ClO3. The van der Waals surface area contributed by atoms with Crippen LogP contribution in [0, 0.1) is 5.92 Å². The van der Waals surface area contributed by atoms with Gasteiger partial charge in [-0.2, -0.15) is 0 Å². The van der Waals surface area contributed by atoms with Crippen LogP contribution in [0.25, 0.3) is 0 Å². The minimum absolute atomic E-state index is 0.113. The second kappa shape index (κ2) is 4.13. The van der Waals surface area contributed by atoms with Crippen molar-refractivity contribution in [2.75, 3.05) is 21.3 Å². The molecule has 13 heavy (non-hydrogen) atoms. The third kappa shape index (κ3) is 1.71. The fourth-order valence-electron chi connectivity index (χ4n) is 1.94. The summed E-state index contributed by atoms with van der Waals surface area (Å²) in [7, 11) is 4.92. The lowest BCUT2D eigenvalue weighted by Crippen LogP contribution is -2.40. The van der Waals surface area contributed by atoms with Gasteiger partial charge < -0.3 is 14.2 Å². The molecule has 4 heteroatoms. The molecule has 1 aliphatic carbocycles. The van der Waals surface area contributed by atoms with E-state index < -0.39 is 5.79 Å². The van der Waals surface area contributed by atoms with Gasteiger partial charge in [-0.25, -0.2) is 0 Å². The van der Waals surface area contributed by atoms with Crippen LogP contribution < -0.4 is 0 Å². The number of halogens is 1. The van der Waals surface area contributed by atoms with Crippen LogP contribution in [-0.4, -0.2) is 38.6 Å². The second-order valence-electron chi connectivity index (χ2n) is 3.46. The number of ether oxygens (including phenoxy) is 3. The number of hydrogen-bond acceptors (Lipinski definition) is 3. The van der Waals surface area contributed by atoms with Gasteiger partial charge in [0.05, 0.1) is 11.5 Å². The molecule has 0 aliphatic heterocycles. The van der Waals surface area contributed by atoms with Crippen molar-refractivity contribution in [3.8, 4) is 0 Å². The SMILES string of the molecule is COC1CC(OC)(OC)C(Cl)C1C. The molecular weight excluding hydrogens is 192 g/mol. The van der Waals surface area contributed by atoms with Crippen LogP contribution in [0.15, 0.2) is 0 Å². The maximum atomic E-state index is 6.23. The quantitative estimate of drug-likeness (QED) is 0.521. The first-order valence-electron chi connectivity index (χ1n) is 4.38. The molecule has 0 N–H and O–H groups in total. The van der Waals surface area contributed by atoms with Gasteiger partial charge in [-0.3, -0.25) is 0 Å². The molecule has 1 aliphatic rings. The first-order valence-corrected chi connectivity index (χ1v) is 4.82. The van der Waals surface area contributed by atoms with Crippen LogP contribution in [0.2, 0.25) is 0 Å². The summed E-state index contributed by atoms with van der Waals surface area (Å²) < 4.78 is 16.0. The molecule has 3 unspecified atom stereocenters. The zero-order valence-corrected chi connectivity index (χ0v) is 9.30. The van der Waals surface area contributed by atoms with Gasteiger partial charge in [0.1, 0.15) is 0 Å². The Labute approximate surface area is 84.3 Å². The summed E-state index contributed by atoms with van der Waals surface area (Å²) in [5.41, 5.74) is 0. The molecule has 78 valence electrons. The van der Waals surface area contributed by atoms with Crippen molar-refractivity contribution >= 4 is 11.6 Å². The first kappa shape index (κ1) is 11.2. The van der Waals surface area contributed by atoms with Gasteiger partial charge in [-0.05, 0) is 0 Å². The Morgan fingerprint density at radius 3 is 2.00 bits per heavy atom. The smallest absolute Gasteiger partial charge is 0.186 e. The largest absolute Gasteiger partial charge is 0.381 e. The third-order valence-corrected chi connectivity index (χ3v) is 3.68. The van der Waals surface area contributed by atoms with E-state index >= 15 is 0 Å². The fraction of sp³-hybridized carbons (Fsp3) is 1.00. The van der Waals surface area contributed by atoms with E-state index in [2.05, 4.69) is 0 Å². The molecule has 3 atom stereocenters. The molecule has 1 saturated carbocycles. The molecule has 0 aromatic carbocycles. The molecule has 0 aromatic rings. The van der Waals surface area contributed by atoms with E-state index in [1.54, 1.807) is 21.3 Å². The summed E-state index contributed by atoms with van der Waals surface area (Å²) >= 11 is 6.23. The molecule has 0 aromatic heterocycles. The topological polar surface area (TPSA) is 27.7 Å². The third-order valence-electron chi connectivity index (χ3n) is 2.95. The lowest BCUT2D eigenvalue weighted by atomic mass is 10.1. The molecule has 0 amide bonds. The summed E-state index contributed by atoms with van der Waals surface area (Å²) in [6.07, 6.45) is 0.800. The van der Waals surface area contributed by atoms with Crippen molar-refractivity contribution in [1.29, 1.82) is 0 Å². The zero-order chi connectivity index (χ0) is 10.1. The van der Waals surface area contributed by atoms with Crippen molar-refractivity contribution in [3.63, 3.8) is 0 Å². The fourth-order valence-corrected chi connectivity index (χ4v) is 2.37. The van der Waals surface area contributed by atoms with Crippen molar-refractivity contribution in [2.45, 2.75) is 30.6 Å². The summed E-state index contributed by atoms with van der Waals surface area (Å²) in [6.45, 7) is 2.05. The summed E-state index contributed by atoms with van der Waals surface area (Å²) in [5, 5.41) is -0.160.